The second-order valence-electron chi connectivity index (χ2n) is 6.55. The Hall–Kier alpha value is -3.07. The molecule has 9 heteroatoms. The molecule has 8 nitrogen and oxygen atoms in total. The Kier molecular flexibility index (Phi) is 7.22. The summed E-state index contributed by atoms with van der Waals surface area (Å²) in [5.74, 6) is -0.410. The van der Waals surface area contributed by atoms with Gasteiger partial charge in [0.05, 0.1) is 30.7 Å². The van der Waals surface area contributed by atoms with Crippen molar-refractivity contribution in [2.24, 2.45) is 0 Å². The van der Waals surface area contributed by atoms with Gasteiger partial charge in [-0.3, -0.25) is 9.10 Å². The standard InChI is InChI=1S/C20H24N2O6S/c1-14(2)28-18-11-9-17(10-12-18)22(29(4,25)26)13-19(23)21-16-7-5-15(6-8-16)20(24)27-3/h5-12,14H,13H2,1-4H3,(H,21,23). The van der Waals surface area contributed by atoms with Gasteiger partial charge in [-0.15, -0.1) is 0 Å². The molecule has 0 spiro atoms. The summed E-state index contributed by atoms with van der Waals surface area (Å²) in [5.41, 5.74) is 1.11. The van der Waals surface area contributed by atoms with Gasteiger partial charge in [0.2, 0.25) is 15.9 Å². The molecule has 2 aromatic rings. The number of ether oxygens (including phenoxy) is 2. The monoisotopic (exact) mass is 420 g/mol. The van der Waals surface area contributed by atoms with Crippen LogP contribution in [0.5, 0.6) is 5.75 Å². The van der Waals surface area contributed by atoms with Crippen LogP contribution >= 0.6 is 0 Å². The van der Waals surface area contributed by atoms with E-state index in [9.17, 15) is 18.0 Å². The topological polar surface area (TPSA) is 102 Å². The van der Waals surface area contributed by atoms with Gasteiger partial charge < -0.3 is 14.8 Å². The van der Waals surface area contributed by atoms with Crippen LogP contribution in [0.25, 0.3) is 0 Å². The van der Waals surface area contributed by atoms with Crippen LogP contribution in [0, 0.1) is 0 Å². The largest absolute Gasteiger partial charge is 0.491 e. The van der Waals surface area contributed by atoms with E-state index in [0.717, 1.165) is 10.6 Å². The molecular weight excluding hydrogens is 396 g/mol. The molecule has 2 rings (SSSR count). The molecule has 0 saturated heterocycles. The van der Waals surface area contributed by atoms with Crippen molar-refractivity contribution in [2.45, 2.75) is 20.0 Å². The third-order valence-electron chi connectivity index (χ3n) is 3.77. The van der Waals surface area contributed by atoms with E-state index in [-0.39, 0.29) is 6.10 Å². The zero-order chi connectivity index (χ0) is 21.6. The highest BCUT2D eigenvalue weighted by Crippen LogP contribution is 2.22. The molecule has 0 bridgehead atoms. The number of rotatable bonds is 8. The summed E-state index contributed by atoms with van der Waals surface area (Å²) in [4.78, 5) is 23.8. The lowest BCUT2D eigenvalue weighted by atomic mass is 10.2. The van der Waals surface area contributed by atoms with Gasteiger partial charge in [-0.2, -0.15) is 0 Å². The smallest absolute Gasteiger partial charge is 0.337 e. The molecular formula is C20H24N2O6S. The molecule has 0 atom stereocenters. The number of carbonyl (C=O) groups excluding carboxylic acids is 2. The van der Waals surface area contributed by atoms with Crippen LogP contribution in [-0.2, 0) is 19.6 Å². The Labute approximate surface area is 170 Å². The predicted octanol–water partition coefficient (Wildman–Crippen LogP) is 2.67. The maximum absolute atomic E-state index is 12.4. The lowest BCUT2D eigenvalue weighted by molar-refractivity contribution is -0.114. The zero-order valence-electron chi connectivity index (χ0n) is 16.7. The van der Waals surface area contributed by atoms with Gasteiger partial charge in [-0.05, 0) is 62.4 Å². The van der Waals surface area contributed by atoms with Crippen LogP contribution in [0.1, 0.15) is 24.2 Å². The Morgan fingerprint density at radius 2 is 1.62 bits per heavy atom. The van der Waals surface area contributed by atoms with Gasteiger partial charge >= 0.3 is 5.97 Å². The minimum absolute atomic E-state index is 0.0109. The molecule has 0 aliphatic carbocycles. The second kappa shape index (κ2) is 9.42. The summed E-state index contributed by atoms with van der Waals surface area (Å²) in [7, 11) is -2.41. The summed E-state index contributed by atoms with van der Waals surface area (Å²) in [6.45, 7) is 3.37. The van der Waals surface area contributed by atoms with Crippen molar-refractivity contribution in [1.82, 2.24) is 0 Å². The van der Waals surface area contributed by atoms with Gasteiger partial charge in [0, 0.05) is 5.69 Å². The molecule has 0 radical (unpaired) electrons. The highest BCUT2D eigenvalue weighted by Gasteiger charge is 2.21. The van der Waals surface area contributed by atoms with Crippen LogP contribution in [0.15, 0.2) is 48.5 Å². The number of carbonyl (C=O) groups is 2. The number of nitrogens with zero attached hydrogens (tertiary/aromatic N) is 1. The average molecular weight is 420 g/mol. The van der Waals surface area contributed by atoms with Crippen molar-refractivity contribution < 1.29 is 27.5 Å². The van der Waals surface area contributed by atoms with E-state index in [1.807, 2.05) is 13.8 Å². The first-order chi connectivity index (χ1) is 13.6. The molecule has 0 aliphatic heterocycles. The Morgan fingerprint density at radius 1 is 1.03 bits per heavy atom. The fraction of sp³-hybridized carbons (Fsp3) is 0.300. The number of methoxy groups -OCH3 is 1. The third-order valence-corrected chi connectivity index (χ3v) is 4.91. The average Bonchev–Trinajstić information content (AvgIpc) is 2.65. The first-order valence-electron chi connectivity index (χ1n) is 8.83. The van der Waals surface area contributed by atoms with E-state index in [1.165, 1.54) is 31.4 Å². The van der Waals surface area contributed by atoms with E-state index >= 15 is 0 Å². The van der Waals surface area contributed by atoms with E-state index in [4.69, 9.17) is 4.74 Å². The Balaban J connectivity index is 2.12. The number of hydrogen-bond donors (Lipinski definition) is 1. The summed E-state index contributed by atoms with van der Waals surface area (Å²) in [5, 5.41) is 2.61. The normalized spacial score (nSPS) is 11.1. The van der Waals surface area contributed by atoms with Crippen LogP contribution in [0.3, 0.4) is 0 Å². The van der Waals surface area contributed by atoms with Gasteiger partial charge in [0.25, 0.3) is 0 Å². The van der Waals surface area contributed by atoms with Crippen molar-refractivity contribution >= 4 is 33.3 Å². The number of amides is 1. The van der Waals surface area contributed by atoms with E-state index in [0.29, 0.717) is 22.7 Å². The number of nitrogens with one attached hydrogen (secondary N) is 1. The molecule has 0 aliphatic rings. The molecule has 29 heavy (non-hydrogen) atoms. The highest BCUT2D eigenvalue weighted by atomic mass is 32.2. The number of esters is 1. The molecule has 1 N–H and O–H groups in total. The molecule has 0 fully saturated rings. The van der Waals surface area contributed by atoms with Crippen molar-refractivity contribution in [1.29, 1.82) is 0 Å². The first kappa shape index (κ1) is 22.2. The Morgan fingerprint density at radius 3 is 2.10 bits per heavy atom. The van der Waals surface area contributed by atoms with Crippen LogP contribution in [-0.4, -0.2) is 46.3 Å². The summed E-state index contributed by atoms with van der Waals surface area (Å²) >= 11 is 0. The number of anilines is 2. The second-order valence-corrected chi connectivity index (χ2v) is 8.45. The molecule has 2 aromatic carbocycles. The maximum atomic E-state index is 12.4. The minimum Gasteiger partial charge on any atom is -0.491 e. The molecule has 1 amide bonds. The van der Waals surface area contributed by atoms with E-state index in [2.05, 4.69) is 10.1 Å². The number of sulfonamides is 1. The zero-order valence-corrected chi connectivity index (χ0v) is 17.5. The van der Waals surface area contributed by atoms with Crippen LogP contribution < -0.4 is 14.4 Å². The molecule has 0 heterocycles. The minimum atomic E-state index is -3.69. The SMILES string of the molecule is COC(=O)c1ccc(NC(=O)CN(c2ccc(OC(C)C)cc2)S(C)(=O)=O)cc1. The van der Waals surface area contributed by atoms with Gasteiger partial charge in [-0.1, -0.05) is 0 Å². The third kappa shape index (κ3) is 6.49. The van der Waals surface area contributed by atoms with E-state index < -0.39 is 28.4 Å². The van der Waals surface area contributed by atoms with Crippen molar-refractivity contribution in [3.05, 3.63) is 54.1 Å². The lowest BCUT2D eigenvalue weighted by Crippen LogP contribution is -2.37. The van der Waals surface area contributed by atoms with Crippen molar-refractivity contribution in [3.8, 4) is 5.75 Å². The fourth-order valence-electron chi connectivity index (χ4n) is 2.50. The van der Waals surface area contributed by atoms with Gasteiger partial charge in [0.1, 0.15) is 12.3 Å². The van der Waals surface area contributed by atoms with Crippen LogP contribution in [0.2, 0.25) is 0 Å². The summed E-state index contributed by atoms with van der Waals surface area (Å²) in [6, 6.07) is 12.5. The Bertz CT molecular complexity index is 953. The molecule has 0 aromatic heterocycles. The maximum Gasteiger partial charge on any atom is 0.337 e. The molecule has 0 saturated carbocycles. The molecule has 156 valence electrons. The summed E-state index contributed by atoms with van der Waals surface area (Å²) in [6.07, 6.45) is 1.02. The fourth-order valence-corrected chi connectivity index (χ4v) is 3.36. The van der Waals surface area contributed by atoms with E-state index in [1.54, 1.807) is 24.3 Å². The quantitative estimate of drug-likeness (QED) is 0.659. The lowest BCUT2D eigenvalue weighted by Gasteiger charge is -2.22. The summed E-state index contributed by atoms with van der Waals surface area (Å²) < 4.78 is 35.6. The number of benzene rings is 2. The van der Waals surface area contributed by atoms with Gasteiger partial charge in [0.15, 0.2) is 0 Å². The first-order valence-corrected chi connectivity index (χ1v) is 10.7. The van der Waals surface area contributed by atoms with Gasteiger partial charge in [-0.25, -0.2) is 13.2 Å². The van der Waals surface area contributed by atoms with Crippen LogP contribution in [0.4, 0.5) is 11.4 Å². The van der Waals surface area contributed by atoms with Crippen molar-refractivity contribution in [3.63, 3.8) is 0 Å². The highest BCUT2D eigenvalue weighted by molar-refractivity contribution is 7.92. The van der Waals surface area contributed by atoms with Crippen molar-refractivity contribution in [2.75, 3.05) is 29.5 Å². The number of hydrogen-bond acceptors (Lipinski definition) is 6. The predicted molar refractivity (Wildman–Crippen MR) is 111 cm³/mol. The molecule has 0 unspecified atom stereocenters.